The number of nitrogens with one attached hydrogen (secondary N) is 1. The van der Waals surface area contributed by atoms with Crippen molar-refractivity contribution in [1.82, 2.24) is 5.32 Å². The van der Waals surface area contributed by atoms with Crippen LogP contribution in [0.15, 0.2) is 42.5 Å². The molecule has 0 spiro atoms. The topological polar surface area (TPSA) is 21.3 Å². The van der Waals surface area contributed by atoms with Gasteiger partial charge in [0.1, 0.15) is 11.6 Å². The van der Waals surface area contributed by atoms with E-state index in [4.69, 9.17) is 16.3 Å². The molecule has 22 heavy (non-hydrogen) atoms. The molecule has 0 atom stereocenters. The van der Waals surface area contributed by atoms with Crippen LogP contribution < -0.4 is 10.1 Å². The van der Waals surface area contributed by atoms with Crippen molar-refractivity contribution in [1.29, 1.82) is 0 Å². The largest absolute Gasteiger partial charge is 0.494 e. The molecule has 0 aliphatic carbocycles. The maximum Gasteiger partial charge on any atom is 0.126 e. The van der Waals surface area contributed by atoms with Crippen LogP contribution in [0.25, 0.3) is 0 Å². The van der Waals surface area contributed by atoms with E-state index < -0.39 is 0 Å². The molecule has 2 nitrogen and oxygen atoms in total. The van der Waals surface area contributed by atoms with Gasteiger partial charge in [0.05, 0.1) is 6.61 Å². The molecule has 5 heteroatoms. The van der Waals surface area contributed by atoms with Gasteiger partial charge in [-0.1, -0.05) is 29.8 Å². The Bertz CT molecular complexity index is 593. The maximum absolute atomic E-state index is 13.5. The van der Waals surface area contributed by atoms with Gasteiger partial charge in [-0.05, 0) is 49.7 Å². The highest BCUT2D eigenvalue weighted by Crippen LogP contribution is 2.22. The van der Waals surface area contributed by atoms with Crippen molar-refractivity contribution in [3.8, 4) is 5.75 Å². The van der Waals surface area contributed by atoms with Crippen LogP contribution in [0.1, 0.15) is 18.1 Å². The average Bonchev–Trinajstić information content (AvgIpc) is 2.48. The zero-order valence-electron chi connectivity index (χ0n) is 12.4. The van der Waals surface area contributed by atoms with E-state index in [0.29, 0.717) is 31.1 Å². The average molecular weight is 344 g/mol. The molecule has 0 bridgehead atoms. The summed E-state index contributed by atoms with van der Waals surface area (Å²) in [5.74, 6) is 0.678. The third-order valence-electron chi connectivity index (χ3n) is 3.17. The summed E-state index contributed by atoms with van der Waals surface area (Å²) in [4.78, 5) is 0. The molecule has 0 aromatic heterocycles. The Morgan fingerprint density at radius 1 is 1.14 bits per heavy atom. The fourth-order valence-corrected chi connectivity index (χ4v) is 2.32. The zero-order chi connectivity index (χ0) is 15.1. The van der Waals surface area contributed by atoms with Gasteiger partial charge in [0, 0.05) is 17.1 Å². The molecule has 0 amide bonds. The fourth-order valence-electron chi connectivity index (χ4n) is 2.13. The van der Waals surface area contributed by atoms with Gasteiger partial charge in [0.25, 0.3) is 0 Å². The first-order valence-corrected chi connectivity index (χ1v) is 7.44. The van der Waals surface area contributed by atoms with Gasteiger partial charge in [-0.2, -0.15) is 0 Å². The highest BCUT2D eigenvalue weighted by Gasteiger charge is 2.05. The van der Waals surface area contributed by atoms with Gasteiger partial charge in [-0.15, -0.1) is 12.4 Å². The molecule has 0 aliphatic rings. The van der Waals surface area contributed by atoms with Crippen molar-refractivity contribution in [3.63, 3.8) is 0 Å². The van der Waals surface area contributed by atoms with Crippen molar-refractivity contribution in [2.45, 2.75) is 19.9 Å². The van der Waals surface area contributed by atoms with Gasteiger partial charge in [-0.25, -0.2) is 4.39 Å². The van der Waals surface area contributed by atoms with Crippen molar-refractivity contribution < 1.29 is 9.13 Å². The van der Waals surface area contributed by atoms with Crippen LogP contribution in [-0.2, 0) is 13.0 Å². The minimum Gasteiger partial charge on any atom is -0.494 e. The Balaban J connectivity index is 0.00000242. The molecule has 120 valence electrons. The molecule has 0 aliphatic heterocycles. The molecule has 0 unspecified atom stereocenters. The van der Waals surface area contributed by atoms with Crippen LogP contribution in [-0.4, -0.2) is 13.2 Å². The van der Waals surface area contributed by atoms with Gasteiger partial charge in [-0.3, -0.25) is 0 Å². The second-order valence-corrected chi connectivity index (χ2v) is 5.14. The van der Waals surface area contributed by atoms with E-state index in [2.05, 4.69) is 5.32 Å². The first kappa shape index (κ1) is 18.8. The second kappa shape index (κ2) is 9.67. The van der Waals surface area contributed by atoms with E-state index in [-0.39, 0.29) is 18.2 Å². The van der Waals surface area contributed by atoms with E-state index in [9.17, 15) is 4.39 Å². The van der Waals surface area contributed by atoms with Crippen LogP contribution in [0.5, 0.6) is 5.75 Å². The number of rotatable bonds is 7. The maximum atomic E-state index is 13.5. The summed E-state index contributed by atoms with van der Waals surface area (Å²) >= 11 is 6.01. The minimum absolute atomic E-state index is 0. The summed E-state index contributed by atoms with van der Waals surface area (Å²) in [6, 6.07) is 12.4. The number of halogens is 3. The predicted octanol–water partition coefficient (Wildman–Crippen LogP) is 4.63. The molecule has 2 aromatic rings. The number of hydrogen-bond donors (Lipinski definition) is 1. The standard InChI is InChI=1S/C17H19ClFNO.ClH/c1-2-21-17-8-7-15(18)11-14(17)12-20-10-9-13-5-3-4-6-16(13)19;/h3-8,11,20H,2,9-10,12H2,1H3;1H. The van der Waals surface area contributed by atoms with Gasteiger partial charge in [0.2, 0.25) is 0 Å². The summed E-state index contributed by atoms with van der Waals surface area (Å²) in [6.07, 6.45) is 0.650. The summed E-state index contributed by atoms with van der Waals surface area (Å²) in [7, 11) is 0. The lowest BCUT2D eigenvalue weighted by molar-refractivity contribution is 0.335. The monoisotopic (exact) mass is 343 g/mol. The van der Waals surface area contributed by atoms with Gasteiger partial charge < -0.3 is 10.1 Å². The molecular weight excluding hydrogens is 324 g/mol. The zero-order valence-corrected chi connectivity index (χ0v) is 14.0. The van der Waals surface area contributed by atoms with Gasteiger partial charge in [0.15, 0.2) is 0 Å². The Labute approximate surface area is 142 Å². The predicted molar refractivity (Wildman–Crippen MR) is 91.7 cm³/mol. The smallest absolute Gasteiger partial charge is 0.126 e. The van der Waals surface area contributed by atoms with Crippen molar-refractivity contribution in [3.05, 3.63) is 64.4 Å². The lowest BCUT2D eigenvalue weighted by Gasteiger charge is -2.11. The number of hydrogen-bond acceptors (Lipinski definition) is 2. The lowest BCUT2D eigenvalue weighted by Crippen LogP contribution is -2.17. The van der Waals surface area contributed by atoms with Crippen LogP contribution >= 0.6 is 24.0 Å². The second-order valence-electron chi connectivity index (χ2n) is 4.70. The van der Waals surface area contributed by atoms with Crippen LogP contribution in [0.3, 0.4) is 0 Å². The van der Waals surface area contributed by atoms with E-state index in [1.54, 1.807) is 6.07 Å². The number of benzene rings is 2. The summed E-state index contributed by atoms with van der Waals surface area (Å²) < 4.78 is 19.1. The highest BCUT2D eigenvalue weighted by molar-refractivity contribution is 6.30. The van der Waals surface area contributed by atoms with Crippen LogP contribution in [0.2, 0.25) is 5.02 Å². The Morgan fingerprint density at radius 3 is 2.64 bits per heavy atom. The molecular formula is C17H20Cl2FNO. The third kappa shape index (κ3) is 5.48. The Kier molecular flexibility index (Phi) is 8.25. The van der Waals surface area contributed by atoms with Gasteiger partial charge >= 0.3 is 0 Å². The van der Waals surface area contributed by atoms with E-state index >= 15 is 0 Å². The molecule has 2 rings (SSSR count). The molecule has 0 heterocycles. The van der Waals surface area contributed by atoms with Crippen LogP contribution in [0.4, 0.5) is 4.39 Å². The molecule has 0 fully saturated rings. The SMILES string of the molecule is CCOc1ccc(Cl)cc1CNCCc1ccccc1F.Cl. The summed E-state index contributed by atoms with van der Waals surface area (Å²) in [6.45, 7) is 3.90. The molecule has 0 saturated carbocycles. The summed E-state index contributed by atoms with van der Waals surface area (Å²) in [5, 5.41) is 3.98. The van der Waals surface area contributed by atoms with E-state index in [1.807, 2.05) is 37.3 Å². The molecule has 0 radical (unpaired) electrons. The van der Waals surface area contributed by atoms with Crippen molar-refractivity contribution in [2.24, 2.45) is 0 Å². The number of ether oxygens (including phenoxy) is 1. The Hall–Kier alpha value is -1.29. The quantitative estimate of drug-likeness (QED) is 0.740. The molecule has 0 saturated heterocycles. The van der Waals surface area contributed by atoms with Crippen molar-refractivity contribution >= 4 is 24.0 Å². The molecule has 1 N–H and O–H groups in total. The highest BCUT2D eigenvalue weighted by atomic mass is 35.5. The first-order valence-electron chi connectivity index (χ1n) is 7.06. The van der Waals surface area contributed by atoms with Crippen LogP contribution in [0, 0.1) is 5.82 Å². The van der Waals surface area contributed by atoms with E-state index in [1.165, 1.54) is 6.07 Å². The minimum atomic E-state index is -0.155. The fraction of sp³-hybridized carbons (Fsp3) is 0.294. The Morgan fingerprint density at radius 2 is 1.91 bits per heavy atom. The van der Waals surface area contributed by atoms with Crippen molar-refractivity contribution in [2.75, 3.05) is 13.2 Å². The summed E-state index contributed by atoms with van der Waals surface area (Å²) in [5.41, 5.74) is 1.74. The molecule has 2 aromatic carbocycles. The third-order valence-corrected chi connectivity index (χ3v) is 3.40. The van der Waals surface area contributed by atoms with E-state index in [0.717, 1.165) is 16.9 Å². The first-order chi connectivity index (χ1) is 10.2. The lowest BCUT2D eigenvalue weighted by atomic mass is 10.1. The normalized spacial score (nSPS) is 10.1.